The van der Waals surface area contributed by atoms with Crippen LogP contribution in [0.1, 0.15) is 30.5 Å². The summed E-state index contributed by atoms with van der Waals surface area (Å²) in [5, 5.41) is 7.20. The van der Waals surface area contributed by atoms with Crippen molar-refractivity contribution in [2.24, 2.45) is 0 Å². The zero-order chi connectivity index (χ0) is 17.4. The Balaban J connectivity index is 1.98. The highest BCUT2D eigenvalue weighted by Crippen LogP contribution is 2.19. The van der Waals surface area contributed by atoms with E-state index in [9.17, 15) is 0 Å². The molecule has 2 rings (SSSR count). The van der Waals surface area contributed by atoms with E-state index in [1.807, 2.05) is 24.3 Å². The quantitative estimate of drug-likeness (QED) is 0.549. The number of anilines is 1. The molecule has 2 N–H and O–H groups in total. The van der Waals surface area contributed by atoms with Gasteiger partial charge in [-0.05, 0) is 43.3 Å². The molecule has 0 saturated carbocycles. The maximum absolute atomic E-state index is 5.54. The van der Waals surface area contributed by atoms with Crippen molar-refractivity contribution >= 4 is 23.0 Å². The second-order valence-electron chi connectivity index (χ2n) is 5.60. The third-order valence-electron chi connectivity index (χ3n) is 3.65. The van der Waals surface area contributed by atoms with Gasteiger partial charge in [-0.25, -0.2) is 0 Å². The summed E-state index contributed by atoms with van der Waals surface area (Å²) >= 11 is 5.46. The van der Waals surface area contributed by atoms with E-state index in [-0.39, 0.29) is 6.04 Å². The monoisotopic (exact) mass is 340 g/mol. The summed E-state index contributed by atoms with van der Waals surface area (Å²) in [4.78, 5) is 0. The van der Waals surface area contributed by atoms with E-state index in [2.05, 4.69) is 55.3 Å². The largest absolute Gasteiger partial charge is 0.489 e. The van der Waals surface area contributed by atoms with E-state index in [1.54, 1.807) is 6.08 Å². The van der Waals surface area contributed by atoms with Gasteiger partial charge in [0.25, 0.3) is 0 Å². The lowest BCUT2D eigenvalue weighted by Crippen LogP contribution is -2.32. The Morgan fingerprint density at radius 3 is 2.67 bits per heavy atom. The van der Waals surface area contributed by atoms with Crippen molar-refractivity contribution in [1.82, 2.24) is 5.32 Å². The fourth-order valence-corrected chi connectivity index (χ4v) is 2.62. The van der Waals surface area contributed by atoms with Gasteiger partial charge in [0.2, 0.25) is 0 Å². The molecular weight excluding hydrogens is 316 g/mol. The number of thiocarbonyl (C=S) groups is 1. The Kier molecular flexibility index (Phi) is 6.82. The predicted molar refractivity (Wildman–Crippen MR) is 106 cm³/mol. The summed E-state index contributed by atoms with van der Waals surface area (Å²) in [6.45, 7) is 8.37. The van der Waals surface area contributed by atoms with E-state index < -0.39 is 0 Å². The van der Waals surface area contributed by atoms with E-state index in [1.165, 1.54) is 11.1 Å². The van der Waals surface area contributed by atoms with Gasteiger partial charge in [-0.1, -0.05) is 55.5 Å². The van der Waals surface area contributed by atoms with E-state index in [0.717, 1.165) is 17.9 Å². The highest BCUT2D eigenvalue weighted by Gasteiger charge is 2.10. The minimum Gasteiger partial charge on any atom is -0.489 e. The van der Waals surface area contributed by atoms with E-state index in [0.29, 0.717) is 11.7 Å². The molecular formula is C20H24N2OS. The molecule has 2 aromatic carbocycles. The van der Waals surface area contributed by atoms with Crippen molar-refractivity contribution < 1.29 is 4.74 Å². The molecule has 3 nitrogen and oxygen atoms in total. The van der Waals surface area contributed by atoms with Crippen LogP contribution < -0.4 is 15.4 Å². The fourth-order valence-electron chi connectivity index (χ4n) is 2.36. The molecule has 2 aromatic rings. The highest BCUT2D eigenvalue weighted by molar-refractivity contribution is 7.80. The minimum atomic E-state index is 0.186. The van der Waals surface area contributed by atoms with Gasteiger partial charge in [-0.15, -0.1) is 0 Å². The van der Waals surface area contributed by atoms with Gasteiger partial charge in [0.15, 0.2) is 5.11 Å². The SMILES string of the molecule is C=CCOc1cccc(NC(=S)N[C@H](CC)c2ccc(C)cc2)c1. The summed E-state index contributed by atoms with van der Waals surface area (Å²) in [7, 11) is 0. The van der Waals surface area contributed by atoms with Crippen LogP contribution in [0.5, 0.6) is 5.75 Å². The summed E-state index contributed by atoms with van der Waals surface area (Å²) < 4.78 is 5.54. The molecule has 0 unspecified atom stereocenters. The van der Waals surface area contributed by atoms with Gasteiger partial charge < -0.3 is 15.4 Å². The molecule has 0 spiro atoms. The topological polar surface area (TPSA) is 33.3 Å². The standard InChI is InChI=1S/C20H24N2OS/c1-4-13-23-18-8-6-7-17(14-18)21-20(24)22-19(5-2)16-11-9-15(3)10-12-16/h4,6-12,14,19H,1,5,13H2,2-3H3,(H2,21,22,24)/t19-/m1/s1. The normalized spacial score (nSPS) is 11.4. The van der Waals surface area contributed by atoms with Gasteiger partial charge in [-0.3, -0.25) is 0 Å². The average molecular weight is 340 g/mol. The lowest BCUT2D eigenvalue weighted by atomic mass is 10.0. The molecule has 126 valence electrons. The molecule has 0 fully saturated rings. The van der Waals surface area contributed by atoms with Gasteiger partial charge in [0, 0.05) is 11.8 Å². The lowest BCUT2D eigenvalue weighted by Gasteiger charge is -2.20. The molecule has 0 aliphatic heterocycles. The Morgan fingerprint density at radius 2 is 2.00 bits per heavy atom. The zero-order valence-electron chi connectivity index (χ0n) is 14.2. The second kappa shape index (κ2) is 9.08. The Morgan fingerprint density at radius 1 is 1.25 bits per heavy atom. The Bertz CT molecular complexity index is 682. The van der Waals surface area contributed by atoms with Crippen LogP contribution in [0, 0.1) is 6.92 Å². The number of hydrogen-bond donors (Lipinski definition) is 2. The molecule has 4 heteroatoms. The minimum absolute atomic E-state index is 0.186. The first-order chi connectivity index (χ1) is 11.6. The van der Waals surface area contributed by atoms with Crippen molar-refractivity contribution in [1.29, 1.82) is 0 Å². The smallest absolute Gasteiger partial charge is 0.171 e. The molecule has 24 heavy (non-hydrogen) atoms. The average Bonchev–Trinajstić information content (AvgIpc) is 2.59. The number of hydrogen-bond acceptors (Lipinski definition) is 2. The van der Waals surface area contributed by atoms with Crippen molar-refractivity contribution in [3.63, 3.8) is 0 Å². The van der Waals surface area contributed by atoms with Crippen molar-refractivity contribution in [2.45, 2.75) is 26.3 Å². The number of aryl methyl sites for hydroxylation is 1. The summed E-state index contributed by atoms with van der Waals surface area (Å²) in [5.74, 6) is 0.785. The van der Waals surface area contributed by atoms with E-state index >= 15 is 0 Å². The number of rotatable bonds is 7. The van der Waals surface area contributed by atoms with Crippen molar-refractivity contribution in [3.05, 3.63) is 72.3 Å². The maximum Gasteiger partial charge on any atom is 0.171 e. The predicted octanol–water partition coefficient (Wildman–Crippen LogP) is 5.00. The van der Waals surface area contributed by atoms with Crippen LogP contribution >= 0.6 is 12.2 Å². The van der Waals surface area contributed by atoms with Gasteiger partial charge >= 0.3 is 0 Å². The van der Waals surface area contributed by atoms with Crippen molar-refractivity contribution in [2.75, 3.05) is 11.9 Å². The lowest BCUT2D eigenvalue weighted by molar-refractivity contribution is 0.363. The molecule has 0 amide bonds. The van der Waals surface area contributed by atoms with Crippen LogP contribution in [0.25, 0.3) is 0 Å². The fraction of sp³-hybridized carbons (Fsp3) is 0.250. The van der Waals surface area contributed by atoms with Crippen LogP contribution in [0.4, 0.5) is 5.69 Å². The van der Waals surface area contributed by atoms with Crippen LogP contribution in [-0.2, 0) is 0 Å². The third kappa shape index (κ3) is 5.39. The first kappa shape index (κ1) is 18.0. The number of nitrogens with one attached hydrogen (secondary N) is 2. The van der Waals surface area contributed by atoms with Gasteiger partial charge in [0.1, 0.15) is 12.4 Å². The highest BCUT2D eigenvalue weighted by atomic mass is 32.1. The molecule has 0 heterocycles. The van der Waals surface area contributed by atoms with Gasteiger partial charge in [0.05, 0.1) is 6.04 Å². The summed E-state index contributed by atoms with van der Waals surface area (Å²) in [5.41, 5.74) is 3.38. The first-order valence-corrected chi connectivity index (χ1v) is 8.51. The molecule has 0 aliphatic rings. The van der Waals surface area contributed by atoms with Crippen LogP contribution in [0.15, 0.2) is 61.2 Å². The zero-order valence-corrected chi connectivity index (χ0v) is 15.0. The molecule has 0 saturated heterocycles. The van der Waals surface area contributed by atoms with Gasteiger partial charge in [-0.2, -0.15) is 0 Å². The van der Waals surface area contributed by atoms with Crippen LogP contribution in [-0.4, -0.2) is 11.7 Å². The Labute approximate surface area is 149 Å². The second-order valence-corrected chi connectivity index (χ2v) is 6.01. The number of ether oxygens (including phenoxy) is 1. The molecule has 0 aliphatic carbocycles. The first-order valence-electron chi connectivity index (χ1n) is 8.10. The van der Waals surface area contributed by atoms with Crippen LogP contribution in [0.2, 0.25) is 0 Å². The number of benzene rings is 2. The third-order valence-corrected chi connectivity index (χ3v) is 3.87. The van der Waals surface area contributed by atoms with E-state index in [4.69, 9.17) is 17.0 Å². The Hall–Kier alpha value is -2.33. The maximum atomic E-state index is 5.54. The summed E-state index contributed by atoms with van der Waals surface area (Å²) in [6, 6.07) is 16.4. The molecule has 1 atom stereocenters. The van der Waals surface area contributed by atoms with Crippen molar-refractivity contribution in [3.8, 4) is 5.75 Å². The molecule has 0 bridgehead atoms. The summed E-state index contributed by atoms with van der Waals surface area (Å²) in [6.07, 6.45) is 2.67. The molecule has 0 aromatic heterocycles. The van der Waals surface area contributed by atoms with Crippen LogP contribution in [0.3, 0.4) is 0 Å². The molecule has 0 radical (unpaired) electrons.